The number of aromatic nitrogens is 1. The van der Waals surface area contributed by atoms with Crippen molar-refractivity contribution in [2.24, 2.45) is 0 Å². The minimum atomic E-state index is -0.232. The first-order chi connectivity index (χ1) is 10.3. The second-order valence-electron chi connectivity index (χ2n) is 4.36. The van der Waals surface area contributed by atoms with E-state index in [4.69, 9.17) is 5.11 Å². The van der Waals surface area contributed by atoms with Gasteiger partial charge in [0, 0.05) is 22.0 Å². The number of hydrogen-bond acceptors (Lipinski definition) is 5. The van der Waals surface area contributed by atoms with E-state index in [1.165, 1.54) is 11.3 Å². The lowest BCUT2D eigenvalue weighted by Gasteiger charge is -2.03. The van der Waals surface area contributed by atoms with Crippen LogP contribution in [0, 0.1) is 0 Å². The van der Waals surface area contributed by atoms with Gasteiger partial charge in [-0.2, -0.15) is 11.3 Å². The third-order valence-electron chi connectivity index (χ3n) is 2.90. The molecule has 0 fully saturated rings. The Morgan fingerprint density at radius 3 is 2.67 bits per heavy atom. The van der Waals surface area contributed by atoms with E-state index in [-0.39, 0.29) is 12.5 Å². The monoisotopic (exact) mass is 316 g/mol. The van der Waals surface area contributed by atoms with Crippen molar-refractivity contribution < 1.29 is 9.90 Å². The Labute approximate surface area is 129 Å². The SMILES string of the molecule is O=C(Nc1ccc(CO)cc1)c1csc(-c2ccsc2)n1. The molecule has 3 aromatic rings. The number of nitrogens with one attached hydrogen (secondary N) is 1. The Morgan fingerprint density at radius 2 is 2.00 bits per heavy atom. The first-order valence-electron chi connectivity index (χ1n) is 6.25. The number of amides is 1. The normalized spacial score (nSPS) is 10.5. The lowest BCUT2D eigenvalue weighted by atomic mass is 10.2. The van der Waals surface area contributed by atoms with Gasteiger partial charge in [0.2, 0.25) is 0 Å². The van der Waals surface area contributed by atoms with E-state index in [0.717, 1.165) is 16.1 Å². The molecule has 1 aromatic carbocycles. The highest BCUT2D eigenvalue weighted by molar-refractivity contribution is 7.14. The molecule has 0 aliphatic heterocycles. The topological polar surface area (TPSA) is 62.2 Å². The average molecular weight is 316 g/mol. The summed E-state index contributed by atoms with van der Waals surface area (Å²) in [6.45, 7) is -0.00961. The summed E-state index contributed by atoms with van der Waals surface area (Å²) in [6, 6.07) is 9.05. The van der Waals surface area contributed by atoms with Crippen LogP contribution in [0.1, 0.15) is 16.1 Å². The van der Waals surface area contributed by atoms with Gasteiger partial charge in [0.1, 0.15) is 10.7 Å². The smallest absolute Gasteiger partial charge is 0.275 e. The minimum absolute atomic E-state index is 0.00961. The fraction of sp³-hybridized carbons (Fsp3) is 0.0667. The van der Waals surface area contributed by atoms with Crippen molar-refractivity contribution in [3.63, 3.8) is 0 Å². The summed E-state index contributed by atoms with van der Waals surface area (Å²) in [4.78, 5) is 16.5. The first-order valence-corrected chi connectivity index (χ1v) is 8.08. The lowest BCUT2D eigenvalue weighted by Crippen LogP contribution is -2.12. The van der Waals surface area contributed by atoms with E-state index in [0.29, 0.717) is 11.4 Å². The van der Waals surface area contributed by atoms with Gasteiger partial charge in [-0.25, -0.2) is 4.98 Å². The van der Waals surface area contributed by atoms with Crippen LogP contribution in [0.15, 0.2) is 46.5 Å². The van der Waals surface area contributed by atoms with Crippen molar-refractivity contribution >= 4 is 34.3 Å². The summed E-state index contributed by atoms with van der Waals surface area (Å²) in [6.07, 6.45) is 0. The first kappa shape index (κ1) is 13.9. The zero-order valence-electron chi connectivity index (χ0n) is 10.9. The summed E-state index contributed by atoms with van der Waals surface area (Å²) < 4.78 is 0. The minimum Gasteiger partial charge on any atom is -0.392 e. The van der Waals surface area contributed by atoms with E-state index in [9.17, 15) is 4.79 Å². The molecule has 21 heavy (non-hydrogen) atoms. The predicted octanol–water partition coefficient (Wildman–Crippen LogP) is 3.62. The van der Waals surface area contributed by atoms with Crippen LogP contribution >= 0.6 is 22.7 Å². The van der Waals surface area contributed by atoms with E-state index >= 15 is 0 Å². The Kier molecular flexibility index (Phi) is 4.10. The van der Waals surface area contributed by atoms with Crippen LogP contribution in [-0.2, 0) is 6.61 Å². The average Bonchev–Trinajstić information content (AvgIpc) is 3.19. The van der Waals surface area contributed by atoms with Gasteiger partial charge < -0.3 is 10.4 Å². The van der Waals surface area contributed by atoms with Gasteiger partial charge in [-0.15, -0.1) is 11.3 Å². The van der Waals surface area contributed by atoms with Crippen LogP contribution in [0.4, 0.5) is 5.69 Å². The molecule has 106 valence electrons. The Hall–Kier alpha value is -2.02. The van der Waals surface area contributed by atoms with Crippen molar-refractivity contribution in [3.8, 4) is 10.6 Å². The number of aliphatic hydroxyl groups is 1. The maximum atomic E-state index is 12.1. The van der Waals surface area contributed by atoms with Gasteiger partial charge >= 0.3 is 0 Å². The number of thiazole rings is 1. The molecular formula is C15H12N2O2S2. The van der Waals surface area contributed by atoms with Gasteiger partial charge in [0.15, 0.2) is 0 Å². The molecule has 3 rings (SSSR count). The second-order valence-corrected chi connectivity index (χ2v) is 6.00. The highest BCUT2D eigenvalue weighted by Crippen LogP contribution is 2.26. The molecule has 0 spiro atoms. The van der Waals surface area contributed by atoms with Crippen LogP contribution in [0.25, 0.3) is 10.6 Å². The summed E-state index contributed by atoms with van der Waals surface area (Å²) in [5, 5.41) is 18.4. The fourth-order valence-electron chi connectivity index (χ4n) is 1.79. The number of carbonyl (C=O) groups is 1. The van der Waals surface area contributed by atoms with E-state index in [1.807, 2.05) is 16.8 Å². The summed E-state index contributed by atoms with van der Waals surface area (Å²) in [5.74, 6) is -0.232. The molecule has 0 saturated carbocycles. The van der Waals surface area contributed by atoms with Gasteiger partial charge in [-0.3, -0.25) is 4.79 Å². The molecule has 4 nitrogen and oxygen atoms in total. The number of aliphatic hydroxyl groups excluding tert-OH is 1. The van der Waals surface area contributed by atoms with Crippen molar-refractivity contribution in [1.29, 1.82) is 0 Å². The Bertz CT molecular complexity index is 733. The standard InChI is InChI=1S/C15H12N2O2S2/c18-7-10-1-3-12(4-2-10)16-14(19)13-9-21-15(17-13)11-5-6-20-8-11/h1-6,8-9,18H,7H2,(H,16,19). The van der Waals surface area contributed by atoms with E-state index in [2.05, 4.69) is 10.3 Å². The second kappa shape index (κ2) is 6.17. The van der Waals surface area contributed by atoms with Crippen molar-refractivity contribution in [1.82, 2.24) is 4.98 Å². The number of rotatable bonds is 4. The predicted molar refractivity (Wildman–Crippen MR) is 85.7 cm³/mol. The molecule has 0 bridgehead atoms. The van der Waals surface area contributed by atoms with Crippen LogP contribution in [-0.4, -0.2) is 16.0 Å². The number of thiophene rings is 1. The highest BCUT2D eigenvalue weighted by Gasteiger charge is 2.12. The molecule has 0 aliphatic carbocycles. The number of nitrogens with zero attached hydrogens (tertiary/aromatic N) is 1. The number of hydrogen-bond donors (Lipinski definition) is 2. The largest absolute Gasteiger partial charge is 0.392 e. The molecule has 0 saturated heterocycles. The molecule has 0 atom stereocenters. The molecule has 0 aliphatic rings. The Balaban J connectivity index is 1.73. The lowest BCUT2D eigenvalue weighted by molar-refractivity contribution is 0.102. The van der Waals surface area contributed by atoms with Crippen molar-refractivity contribution in [3.05, 3.63) is 57.7 Å². The molecule has 2 N–H and O–H groups in total. The molecule has 2 heterocycles. The molecule has 0 unspecified atom stereocenters. The summed E-state index contributed by atoms with van der Waals surface area (Å²) in [5.41, 5.74) is 2.94. The quantitative estimate of drug-likeness (QED) is 0.773. The molecule has 2 aromatic heterocycles. The van der Waals surface area contributed by atoms with Crippen LogP contribution in [0.3, 0.4) is 0 Å². The van der Waals surface area contributed by atoms with Gasteiger partial charge in [0.05, 0.1) is 6.61 Å². The van der Waals surface area contributed by atoms with Gasteiger partial charge in [-0.1, -0.05) is 12.1 Å². The number of benzene rings is 1. The van der Waals surface area contributed by atoms with Crippen molar-refractivity contribution in [2.75, 3.05) is 5.32 Å². The maximum absolute atomic E-state index is 12.1. The van der Waals surface area contributed by atoms with E-state index < -0.39 is 0 Å². The number of carbonyl (C=O) groups excluding carboxylic acids is 1. The maximum Gasteiger partial charge on any atom is 0.275 e. The molecule has 0 radical (unpaired) electrons. The van der Waals surface area contributed by atoms with Crippen LogP contribution in [0.2, 0.25) is 0 Å². The fourth-order valence-corrected chi connectivity index (χ4v) is 3.30. The molecule has 6 heteroatoms. The zero-order chi connectivity index (χ0) is 14.7. The highest BCUT2D eigenvalue weighted by atomic mass is 32.1. The third-order valence-corrected chi connectivity index (χ3v) is 4.47. The Morgan fingerprint density at radius 1 is 1.19 bits per heavy atom. The van der Waals surface area contributed by atoms with Gasteiger partial charge in [0.25, 0.3) is 5.91 Å². The van der Waals surface area contributed by atoms with Crippen molar-refractivity contribution in [2.45, 2.75) is 6.61 Å². The van der Waals surface area contributed by atoms with E-state index in [1.54, 1.807) is 41.0 Å². The van der Waals surface area contributed by atoms with Crippen LogP contribution in [0.5, 0.6) is 0 Å². The molecular weight excluding hydrogens is 304 g/mol. The third kappa shape index (κ3) is 3.18. The van der Waals surface area contributed by atoms with Gasteiger partial charge in [-0.05, 0) is 29.1 Å². The number of anilines is 1. The summed E-state index contributed by atoms with van der Waals surface area (Å²) in [7, 11) is 0. The van der Waals surface area contributed by atoms with Crippen LogP contribution < -0.4 is 5.32 Å². The summed E-state index contributed by atoms with van der Waals surface area (Å²) >= 11 is 3.06. The zero-order valence-corrected chi connectivity index (χ0v) is 12.6. The molecule has 1 amide bonds.